The molecule has 1 fully saturated rings. The van der Waals surface area contributed by atoms with Crippen LogP contribution in [0, 0.1) is 11.8 Å². The highest BCUT2D eigenvalue weighted by Gasteiger charge is 2.46. The predicted octanol–water partition coefficient (Wildman–Crippen LogP) is 1.80. The maximum atomic E-state index is 10.7. The second-order valence-electron chi connectivity index (χ2n) is 4.68. The number of nitrogens with zero attached hydrogens (tertiary/aromatic N) is 1. The van der Waals surface area contributed by atoms with Gasteiger partial charge in [0.2, 0.25) is 0 Å². The van der Waals surface area contributed by atoms with E-state index in [1.165, 1.54) is 0 Å². The van der Waals surface area contributed by atoms with Crippen LogP contribution in [0.1, 0.15) is 37.7 Å². The summed E-state index contributed by atoms with van der Waals surface area (Å²) in [7, 11) is 0. The molecule has 0 saturated heterocycles. The highest BCUT2D eigenvalue weighted by Crippen LogP contribution is 2.46. The molecule has 1 aromatic rings. The molecule has 0 bridgehead atoms. The fraction of sp³-hybridized carbons (Fsp3) is 0.636. The van der Waals surface area contributed by atoms with Crippen molar-refractivity contribution in [2.75, 3.05) is 0 Å². The molecule has 0 aliphatic heterocycles. The van der Waals surface area contributed by atoms with E-state index in [4.69, 9.17) is 5.11 Å². The molecule has 2 atom stereocenters. The Morgan fingerprint density at radius 2 is 2.47 bits per heavy atom. The second-order valence-corrected chi connectivity index (χ2v) is 4.68. The lowest BCUT2D eigenvalue weighted by molar-refractivity contribution is -0.138. The highest BCUT2D eigenvalue weighted by molar-refractivity contribution is 5.74. The van der Waals surface area contributed by atoms with E-state index < -0.39 is 5.97 Å². The van der Waals surface area contributed by atoms with Gasteiger partial charge in [-0.1, -0.05) is 13.8 Å². The van der Waals surface area contributed by atoms with Crippen LogP contribution in [0.2, 0.25) is 0 Å². The molecule has 0 aromatic carbocycles. The van der Waals surface area contributed by atoms with Gasteiger partial charge in [-0.25, -0.2) is 4.98 Å². The molecule has 1 aromatic heterocycles. The lowest BCUT2D eigenvalue weighted by atomic mass is 10.1. The maximum absolute atomic E-state index is 10.7. The lowest BCUT2D eigenvalue weighted by Gasteiger charge is -1.99. The Bertz CT molecular complexity index is 370. The van der Waals surface area contributed by atoms with E-state index in [0.717, 1.165) is 24.4 Å². The minimum absolute atomic E-state index is 0.114. The average Bonchev–Trinajstić information content (AvgIpc) is 2.81. The van der Waals surface area contributed by atoms with Gasteiger partial charge in [0.15, 0.2) is 0 Å². The van der Waals surface area contributed by atoms with E-state index in [9.17, 15) is 4.79 Å². The summed E-state index contributed by atoms with van der Waals surface area (Å²) in [6.45, 7) is 4.30. The number of H-pyrrole nitrogens is 1. The standard InChI is InChI=1S/C11H16N2O2/c1-6(2)3-7-5-12-10(13-7)8-4-9(8)11(14)15/h5-6,8-9H,3-4H2,1-2H3,(H,12,13)(H,14,15). The number of carbonyl (C=O) groups is 1. The quantitative estimate of drug-likeness (QED) is 0.792. The Morgan fingerprint density at radius 3 is 3.00 bits per heavy atom. The normalized spacial score (nSPS) is 24.5. The molecule has 1 aliphatic rings. The summed E-state index contributed by atoms with van der Waals surface area (Å²) in [6.07, 6.45) is 3.52. The van der Waals surface area contributed by atoms with E-state index in [1.807, 2.05) is 6.20 Å². The molecule has 1 aliphatic carbocycles. The summed E-state index contributed by atoms with van der Waals surface area (Å²) in [6, 6.07) is 0. The highest BCUT2D eigenvalue weighted by atomic mass is 16.4. The molecular formula is C11H16N2O2. The van der Waals surface area contributed by atoms with Crippen LogP contribution in [0.25, 0.3) is 0 Å². The zero-order chi connectivity index (χ0) is 11.0. The van der Waals surface area contributed by atoms with Gasteiger partial charge in [0, 0.05) is 17.8 Å². The molecule has 4 nitrogen and oxygen atoms in total. The van der Waals surface area contributed by atoms with Gasteiger partial charge in [-0.2, -0.15) is 0 Å². The van der Waals surface area contributed by atoms with E-state index in [2.05, 4.69) is 23.8 Å². The smallest absolute Gasteiger partial charge is 0.307 e. The first-order valence-corrected chi connectivity index (χ1v) is 5.34. The van der Waals surface area contributed by atoms with Crippen LogP contribution >= 0.6 is 0 Å². The van der Waals surface area contributed by atoms with Crippen molar-refractivity contribution in [3.05, 3.63) is 17.7 Å². The van der Waals surface area contributed by atoms with Crippen LogP contribution < -0.4 is 0 Å². The molecule has 0 amide bonds. The average molecular weight is 208 g/mol. The molecule has 2 unspecified atom stereocenters. The molecule has 4 heteroatoms. The third-order valence-corrected chi connectivity index (χ3v) is 2.74. The zero-order valence-electron chi connectivity index (χ0n) is 9.03. The van der Waals surface area contributed by atoms with E-state index >= 15 is 0 Å². The molecular weight excluding hydrogens is 192 g/mol. The number of aromatic amines is 1. The molecule has 2 N–H and O–H groups in total. The summed E-state index contributed by atoms with van der Waals surface area (Å²) >= 11 is 0. The molecule has 2 rings (SSSR count). The van der Waals surface area contributed by atoms with Crippen molar-refractivity contribution >= 4 is 5.97 Å². The van der Waals surface area contributed by atoms with E-state index in [1.54, 1.807) is 0 Å². The van der Waals surface area contributed by atoms with Crippen molar-refractivity contribution in [2.45, 2.75) is 32.6 Å². The first-order valence-electron chi connectivity index (χ1n) is 5.34. The van der Waals surface area contributed by atoms with Crippen LogP contribution in [0.15, 0.2) is 6.20 Å². The van der Waals surface area contributed by atoms with Gasteiger partial charge in [-0.15, -0.1) is 0 Å². The first kappa shape index (κ1) is 10.2. The van der Waals surface area contributed by atoms with Crippen molar-refractivity contribution in [2.24, 2.45) is 11.8 Å². The number of imidazole rings is 1. The summed E-state index contributed by atoms with van der Waals surface area (Å²) in [5.74, 6) is 0.624. The van der Waals surface area contributed by atoms with E-state index in [0.29, 0.717) is 5.92 Å². The van der Waals surface area contributed by atoms with Gasteiger partial charge >= 0.3 is 5.97 Å². The van der Waals surface area contributed by atoms with Crippen molar-refractivity contribution in [1.29, 1.82) is 0 Å². The minimum Gasteiger partial charge on any atom is -0.481 e. The number of rotatable bonds is 4. The molecule has 15 heavy (non-hydrogen) atoms. The van der Waals surface area contributed by atoms with Crippen molar-refractivity contribution < 1.29 is 9.90 Å². The summed E-state index contributed by atoms with van der Waals surface area (Å²) in [5.41, 5.74) is 1.11. The number of nitrogens with one attached hydrogen (secondary N) is 1. The Kier molecular flexibility index (Phi) is 2.50. The van der Waals surface area contributed by atoms with Gasteiger partial charge < -0.3 is 10.1 Å². The number of hydrogen-bond acceptors (Lipinski definition) is 2. The number of carboxylic acid groups (broad SMARTS) is 1. The number of hydrogen-bond donors (Lipinski definition) is 2. The molecule has 0 radical (unpaired) electrons. The van der Waals surface area contributed by atoms with Gasteiger partial charge in [0.05, 0.1) is 5.92 Å². The largest absolute Gasteiger partial charge is 0.481 e. The molecule has 82 valence electrons. The molecule has 1 saturated carbocycles. The SMILES string of the molecule is CC(C)Cc1cnc(C2CC2C(=O)O)[nH]1. The van der Waals surface area contributed by atoms with Gasteiger partial charge in [0.1, 0.15) is 5.82 Å². The van der Waals surface area contributed by atoms with Crippen molar-refractivity contribution in [1.82, 2.24) is 9.97 Å². The minimum atomic E-state index is -0.707. The Morgan fingerprint density at radius 1 is 1.73 bits per heavy atom. The van der Waals surface area contributed by atoms with Crippen LogP contribution in [-0.2, 0) is 11.2 Å². The monoisotopic (exact) mass is 208 g/mol. The molecule has 1 heterocycles. The van der Waals surface area contributed by atoms with Gasteiger partial charge in [0.25, 0.3) is 0 Å². The predicted molar refractivity (Wildman–Crippen MR) is 55.6 cm³/mol. The zero-order valence-corrected chi connectivity index (χ0v) is 9.03. The first-order chi connectivity index (χ1) is 7.08. The number of aromatic nitrogens is 2. The Balaban J connectivity index is 2.00. The topological polar surface area (TPSA) is 66.0 Å². The summed E-state index contributed by atoms with van der Waals surface area (Å²) in [4.78, 5) is 18.2. The second kappa shape index (κ2) is 3.68. The summed E-state index contributed by atoms with van der Waals surface area (Å²) < 4.78 is 0. The molecule has 0 spiro atoms. The third-order valence-electron chi connectivity index (χ3n) is 2.74. The number of aliphatic carboxylic acids is 1. The fourth-order valence-corrected chi connectivity index (χ4v) is 1.88. The Labute approximate surface area is 88.7 Å². The van der Waals surface area contributed by atoms with Crippen LogP contribution in [0.4, 0.5) is 0 Å². The fourth-order valence-electron chi connectivity index (χ4n) is 1.88. The van der Waals surface area contributed by atoms with Gasteiger partial charge in [-0.05, 0) is 18.8 Å². The third kappa shape index (κ3) is 2.19. The Hall–Kier alpha value is -1.32. The van der Waals surface area contributed by atoms with Crippen molar-refractivity contribution in [3.8, 4) is 0 Å². The number of carboxylic acids is 1. The van der Waals surface area contributed by atoms with E-state index in [-0.39, 0.29) is 11.8 Å². The van der Waals surface area contributed by atoms with Gasteiger partial charge in [-0.3, -0.25) is 4.79 Å². The summed E-state index contributed by atoms with van der Waals surface area (Å²) in [5, 5.41) is 8.80. The van der Waals surface area contributed by atoms with Crippen LogP contribution in [0.5, 0.6) is 0 Å². The maximum Gasteiger partial charge on any atom is 0.307 e. The van der Waals surface area contributed by atoms with Crippen LogP contribution in [-0.4, -0.2) is 21.0 Å². The lowest BCUT2D eigenvalue weighted by Crippen LogP contribution is -2.00. The van der Waals surface area contributed by atoms with Crippen LogP contribution in [0.3, 0.4) is 0 Å². The van der Waals surface area contributed by atoms with Crippen molar-refractivity contribution in [3.63, 3.8) is 0 Å².